The number of hydrogen-bond donors (Lipinski definition) is 2. The Kier molecular flexibility index (Phi) is 5.02. The van der Waals surface area contributed by atoms with Gasteiger partial charge in [-0.2, -0.15) is 0 Å². The Balaban J connectivity index is 1.98. The fourth-order valence-corrected chi connectivity index (χ4v) is 1.90. The summed E-state index contributed by atoms with van der Waals surface area (Å²) in [6, 6.07) is 7.73. The number of hydrogen-bond acceptors (Lipinski definition) is 5. The summed E-state index contributed by atoms with van der Waals surface area (Å²) < 4.78 is 1.55. The Labute approximate surface area is 123 Å². The van der Waals surface area contributed by atoms with Crippen molar-refractivity contribution in [3.63, 3.8) is 0 Å². The van der Waals surface area contributed by atoms with Crippen LogP contribution in [0.2, 0.25) is 0 Å². The van der Waals surface area contributed by atoms with Crippen molar-refractivity contribution in [1.29, 1.82) is 0 Å². The van der Waals surface area contributed by atoms with E-state index in [4.69, 9.17) is 5.73 Å². The lowest BCUT2D eigenvalue weighted by Gasteiger charge is -2.10. The van der Waals surface area contributed by atoms with Crippen LogP contribution in [-0.2, 0) is 13.1 Å². The van der Waals surface area contributed by atoms with Crippen LogP contribution in [0.25, 0.3) is 0 Å². The van der Waals surface area contributed by atoms with Crippen molar-refractivity contribution in [2.45, 2.75) is 13.1 Å². The minimum Gasteiger partial charge on any atom is -0.329 e. The maximum Gasteiger partial charge on any atom is 0.277 e. The molecule has 0 radical (unpaired) electrons. The van der Waals surface area contributed by atoms with Gasteiger partial charge in [0.25, 0.3) is 5.91 Å². The SMILES string of the molecule is CN(C)Cc1ccc(NC(=O)c2cn(CCN)nn2)cc1. The Hall–Kier alpha value is -2.25. The Bertz CT molecular complexity index is 590. The molecule has 1 aromatic carbocycles. The number of nitrogens with zero attached hydrogens (tertiary/aromatic N) is 4. The summed E-state index contributed by atoms with van der Waals surface area (Å²) in [5.74, 6) is -0.279. The lowest BCUT2D eigenvalue weighted by atomic mass is 10.2. The largest absolute Gasteiger partial charge is 0.329 e. The molecular formula is C14H20N6O. The van der Waals surface area contributed by atoms with Gasteiger partial charge in [-0.25, -0.2) is 0 Å². The van der Waals surface area contributed by atoms with Crippen molar-refractivity contribution < 1.29 is 4.79 Å². The van der Waals surface area contributed by atoms with Gasteiger partial charge in [-0.15, -0.1) is 5.10 Å². The third-order valence-corrected chi connectivity index (χ3v) is 2.84. The molecule has 0 saturated carbocycles. The molecule has 7 nitrogen and oxygen atoms in total. The van der Waals surface area contributed by atoms with Gasteiger partial charge in [0, 0.05) is 18.8 Å². The van der Waals surface area contributed by atoms with Gasteiger partial charge >= 0.3 is 0 Å². The summed E-state index contributed by atoms with van der Waals surface area (Å²) in [4.78, 5) is 14.1. The topological polar surface area (TPSA) is 89.1 Å². The van der Waals surface area contributed by atoms with E-state index in [0.717, 1.165) is 12.2 Å². The zero-order valence-corrected chi connectivity index (χ0v) is 12.3. The molecule has 0 saturated heterocycles. The average molecular weight is 288 g/mol. The Morgan fingerprint density at radius 3 is 2.67 bits per heavy atom. The lowest BCUT2D eigenvalue weighted by Crippen LogP contribution is -2.13. The smallest absolute Gasteiger partial charge is 0.277 e. The Morgan fingerprint density at radius 2 is 2.05 bits per heavy atom. The van der Waals surface area contributed by atoms with Gasteiger partial charge in [0.15, 0.2) is 5.69 Å². The number of aromatic nitrogens is 3. The van der Waals surface area contributed by atoms with E-state index in [2.05, 4.69) is 20.5 Å². The van der Waals surface area contributed by atoms with Gasteiger partial charge in [0.05, 0.1) is 12.7 Å². The van der Waals surface area contributed by atoms with E-state index in [1.165, 1.54) is 5.56 Å². The second kappa shape index (κ2) is 6.96. The highest BCUT2D eigenvalue weighted by molar-refractivity contribution is 6.02. The molecule has 21 heavy (non-hydrogen) atoms. The van der Waals surface area contributed by atoms with Crippen molar-refractivity contribution in [3.8, 4) is 0 Å². The number of nitrogens with two attached hydrogens (primary N) is 1. The van der Waals surface area contributed by atoms with Crippen LogP contribution in [0.15, 0.2) is 30.5 Å². The van der Waals surface area contributed by atoms with E-state index in [-0.39, 0.29) is 11.6 Å². The van der Waals surface area contributed by atoms with Crippen LogP contribution in [-0.4, -0.2) is 46.4 Å². The molecule has 0 aliphatic carbocycles. The number of carbonyl (C=O) groups excluding carboxylic acids is 1. The predicted octanol–water partition coefficient (Wildman–Crippen LogP) is 0.551. The lowest BCUT2D eigenvalue weighted by molar-refractivity contribution is 0.102. The maximum absolute atomic E-state index is 12.0. The van der Waals surface area contributed by atoms with Crippen LogP contribution in [0.3, 0.4) is 0 Å². The number of amides is 1. The molecule has 112 valence electrons. The van der Waals surface area contributed by atoms with Crippen molar-refractivity contribution in [2.24, 2.45) is 5.73 Å². The molecule has 1 amide bonds. The molecule has 2 rings (SSSR count). The van der Waals surface area contributed by atoms with Crippen LogP contribution in [0.4, 0.5) is 5.69 Å². The van der Waals surface area contributed by atoms with Crippen molar-refractivity contribution >= 4 is 11.6 Å². The van der Waals surface area contributed by atoms with E-state index in [0.29, 0.717) is 13.1 Å². The second-order valence-corrected chi connectivity index (χ2v) is 5.04. The van der Waals surface area contributed by atoms with Crippen LogP contribution >= 0.6 is 0 Å². The van der Waals surface area contributed by atoms with E-state index in [1.807, 2.05) is 38.4 Å². The summed E-state index contributed by atoms with van der Waals surface area (Å²) in [5.41, 5.74) is 7.62. The molecule has 7 heteroatoms. The summed E-state index contributed by atoms with van der Waals surface area (Å²) in [6.07, 6.45) is 1.59. The van der Waals surface area contributed by atoms with Crippen molar-refractivity contribution in [3.05, 3.63) is 41.7 Å². The summed E-state index contributed by atoms with van der Waals surface area (Å²) in [7, 11) is 4.03. The predicted molar refractivity (Wildman–Crippen MR) is 80.9 cm³/mol. The van der Waals surface area contributed by atoms with Crippen LogP contribution in [0.5, 0.6) is 0 Å². The first-order valence-corrected chi connectivity index (χ1v) is 6.73. The minimum absolute atomic E-state index is 0.279. The molecule has 0 aliphatic heterocycles. The number of rotatable bonds is 6. The first-order chi connectivity index (χ1) is 10.1. The third-order valence-electron chi connectivity index (χ3n) is 2.84. The van der Waals surface area contributed by atoms with Crippen LogP contribution in [0.1, 0.15) is 16.1 Å². The van der Waals surface area contributed by atoms with E-state index < -0.39 is 0 Å². The molecule has 3 N–H and O–H groups in total. The molecule has 0 bridgehead atoms. The zero-order chi connectivity index (χ0) is 15.2. The minimum atomic E-state index is -0.279. The molecule has 1 aromatic heterocycles. The number of anilines is 1. The van der Waals surface area contributed by atoms with Gasteiger partial charge in [-0.05, 0) is 31.8 Å². The quantitative estimate of drug-likeness (QED) is 0.810. The summed E-state index contributed by atoms with van der Waals surface area (Å²) in [6.45, 7) is 1.86. The molecule has 1 heterocycles. The molecule has 0 fully saturated rings. The molecule has 0 unspecified atom stereocenters. The number of carbonyl (C=O) groups is 1. The van der Waals surface area contributed by atoms with Crippen molar-refractivity contribution in [2.75, 3.05) is 26.0 Å². The van der Waals surface area contributed by atoms with Crippen molar-refractivity contribution in [1.82, 2.24) is 19.9 Å². The maximum atomic E-state index is 12.0. The summed E-state index contributed by atoms with van der Waals surface area (Å²) in [5, 5.41) is 10.5. The fourth-order valence-electron chi connectivity index (χ4n) is 1.90. The number of nitrogens with one attached hydrogen (secondary N) is 1. The standard InChI is InChI=1S/C14H20N6O/c1-19(2)9-11-3-5-12(6-4-11)16-14(21)13-10-20(8-7-15)18-17-13/h3-6,10H,7-9,15H2,1-2H3,(H,16,21). The summed E-state index contributed by atoms with van der Waals surface area (Å²) >= 11 is 0. The van der Waals surface area contributed by atoms with Gasteiger partial charge in [0.1, 0.15) is 0 Å². The van der Waals surface area contributed by atoms with Gasteiger partial charge in [0.2, 0.25) is 0 Å². The number of benzene rings is 1. The molecule has 2 aromatic rings. The average Bonchev–Trinajstić information content (AvgIpc) is 2.89. The molecular weight excluding hydrogens is 268 g/mol. The highest BCUT2D eigenvalue weighted by Gasteiger charge is 2.10. The van der Waals surface area contributed by atoms with Gasteiger partial charge < -0.3 is 16.0 Å². The third kappa shape index (κ3) is 4.37. The molecule has 0 spiro atoms. The van der Waals surface area contributed by atoms with E-state index in [9.17, 15) is 4.79 Å². The normalized spacial score (nSPS) is 10.9. The highest BCUT2D eigenvalue weighted by Crippen LogP contribution is 2.11. The van der Waals surface area contributed by atoms with Gasteiger partial charge in [-0.1, -0.05) is 17.3 Å². The molecule has 0 aliphatic rings. The second-order valence-electron chi connectivity index (χ2n) is 5.04. The first kappa shape index (κ1) is 15.1. The van der Waals surface area contributed by atoms with Gasteiger partial charge in [-0.3, -0.25) is 9.48 Å². The van der Waals surface area contributed by atoms with Crippen LogP contribution < -0.4 is 11.1 Å². The fraction of sp³-hybridized carbons (Fsp3) is 0.357. The van der Waals surface area contributed by atoms with E-state index >= 15 is 0 Å². The van der Waals surface area contributed by atoms with E-state index in [1.54, 1.807) is 10.9 Å². The first-order valence-electron chi connectivity index (χ1n) is 6.73. The monoisotopic (exact) mass is 288 g/mol. The highest BCUT2D eigenvalue weighted by atomic mass is 16.2. The van der Waals surface area contributed by atoms with Crippen LogP contribution in [0, 0.1) is 0 Å². The zero-order valence-electron chi connectivity index (χ0n) is 12.3. The molecule has 0 atom stereocenters. The Morgan fingerprint density at radius 1 is 1.33 bits per heavy atom.